The number of anilines is 1. The van der Waals surface area contributed by atoms with Crippen LogP contribution in [-0.2, 0) is 10.0 Å². The molecular weight excluding hydrogens is 250 g/mol. The number of nitrogen functional groups attached to an aromatic ring is 1. The van der Waals surface area contributed by atoms with Crippen molar-refractivity contribution in [3.8, 4) is 0 Å². The number of nitrogens with two attached hydrogens (primary N) is 1. The van der Waals surface area contributed by atoms with Crippen LogP contribution < -0.4 is 10.5 Å². The Morgan fingerprint density at radius 1 is 1.39 bits per heavy atom. The number of rotatable bonds is 5. The number of likely N-dealkylation sites (N-methyl/N-ethyl adjacent to an activating group) is 1. The number of sulfonamides is 1. The summed E-state index contributed by atoms with van der Waals surface area (Å²) in [6, 6.07) is 4.57. The van der Waals surface area contributed by atoms with Crippen LogP contribution in [0.15, 0.2) is 23.1 Å². The zero-order valence-electron chi connectivity index (χ0n) is 11.3. The van der Waals surface area contributed by atoms with Gasteiger partial charge in [-0.3, -0.25) is 0 Å². The van der Waals surface area contributed by atoms with E-state index in [4.69, 9.17) is 5.73 Å². The highest BCUT2D eigenvalue weighted by molar-refractivity contribution is 7.89. The van der Waals surface area contributed by atoms with Gasteiger partial charge in [-0.15, -0.1) is 0 Å². The summed E-state index contributed by atoms with van der Waals surface area (Å²) in [5, 5.41) is 0. The van der Waals surface area contributed by atoms with E-state index in [1.54, 1.807) is 19.1 Å². The standard InChI is InChI=1S/C12H21N3O2S/c1-9-7-11(5-6-12(9)13)18(16,17)14-10(2)8-15(3)4/h5-7,10,14H,8,13H2,1-4H3. The fourth-order valence-electron chi connectivity index (χ4n) is 1.73. The van der Waals surface area contributed by atoms with Crippen LogP contribution in [0.4, 0.5) is 5.69 Å². The first kappa shape index (κ1) is 14.9. The number of aryl methyl sites for hydroxylation is 1. The van der Waals surface area contributed by atoms with E-state index in [-0.39, 0.29) is 10.9 Å². The topological polar surface area (TPSA) is 75.4 Å². The molecule has 6 heteroatoms. The lowest BCUT2D eigenvalue weighted by atomic mass is 10.2. The third-order valence-corrected chi connectivity index (χ3v) is 4.13. The largest absolute Gasteiger partial charge is 0.399 e. The molecule has 0 aliphatic carbocycles. The van der Waals surface area contributed by atoms with Crippen LogP contribution in [-0.4, -0.2) is 40.0 Å². The first-order chi connectivity index (χ1) is 8.22. The van der Waals surface area contributed by atoms with Crippen LogP contribution >= 0.6 is 0 Å². The second-order valence-corrected chi connectivity index (χ2v) is 6.52. The Balaban J connectivity index is 2.89. The molecule has 0 amide bonds. The Kier molecular flexibility index (Phi) is 4.72. The van der Waals surface area contributed by atoms with Crippen LogP contribution in [0.25, 0.3) is 0 Å². The molecule has 1 aromatic carbocycles. The third-order valence-electron chi connectivity index (χ3n) is 2.55. The fraction of sp³-hybridized carbons (Fsp3) is 0.500. The Morgan fingerprint density at radius 3 is 2.50 bits per heavy atom. The van der Waals surface area contributed by atoms with Gasteiger partial charge in [-0.2, -0.15) is 0 Å². The molecule has 1 rings (SSSR count). The SMILES string of the molecule is Cc1cc(S(=O)(=O)NC(C)CN(C)C)ccc1N. The molecule has 0 radical (unpaired) electrons. The molecule has 0 aromatic heterocycles. The molecule has 102 valence electrons. The van der Waals surface area contributed by atoms with Crippen molar-refractivity contribution in [1.82, 2.24) is 9.62 Å². The van der Waals surface area contributed by atoms with Gasteiger partial charge in [0.25, 0.3) is 0 Å². The van der Waals surface area contributed by atoms with Gasteiger partial charge in [0.15, 0.2) is 0 Å². The summed E-state index contributed by atoms with van der Waals surface area (Å²) < 4.78 is 26.9. The van der Waals surface area contributed by atoms with Gasteiger partial charge in [-0.25, -0.2) is 13.1 Å². The van der Waals surface area contributed by atoms with E-state index >= 15 is 0 Å². The molecule has 0 saturated heterocycles. The van der Waals surface area contributed by atoms with Crippen LogP contribution in [0.1, 0.15) is 12.5 Å². The predicted molar refractivity (Wildman–Crippen MR) is 73.9 cm³/mol. The van der Waals surface area contributed by atoms with Crippen LogP contribution in [0.5, 0.6) is 0 Å². The molecular formula is C12H21N3O2S. The minimum Gasteiger partial charge on any atom is -0.399 e. The molecule has 1 unspecified atom stereocenters. The smallest absolute Gasteiger partial charge is 0.240 e. The van der Waals surface area contributed by atoms with Gasteiger partial charge in [0, 0.05) is 18.3 Å². The highest BCUT2D eigenvalue weighted by Crippen LogP contribution is 2.16. The van der Waals surface area contributed by atoms with Gasteiger partial charge < -0.3 is 10.6 Å². The molecule has 5 nitrogen and oxygen atoms in total. The molecule has 3 N–H and O–H groups in total. The zero-order chi connectivity index (χ0) is 13.9. The summed E-state index contributed by atoms with van der Waals surface area (Å²) in [6.45, 7) is 4.27. The van der Waals surface area contributed by atoms with E-state index in [9.17, 15) is 8.42 Å². The van der Waals surface area contributed by atoms with E-state index < -0.39 is 10.0 Å². The lowest BCUT2D eigenvalue weighted by molar-refractivity contribution is 0.370. The van der Waals surface area contributed by atoms with Gasteiger partial charge in [-0.05, 0) is 51.7 Å². The van der Waals surface area contributed by atoms with Crippen molar-refractivity contribution >= 4 is 15.7 Å². The molecule has 18 heavy (non-hydrogen) atoms. The van der Waals surface area contributed by atoms with Crippen molar-refractivity contribution < 1.29 is 8.42 Å². The number of benzene rings is 1. The van der Waals surface area contributed by atoms with E-state index in [1.807, 2.05) is 25.9 Å². The molecule has 0 aliphatic rings. The minimum absolute atomic E-state index is 0.150. The average Bonchev–Trinajstić information content (AvgIpc) is 2.19. The van der Waals surface area contributed by atoms with Gasteiger partial charge in [-0.1, -0.05) is 0 Å². The molecule has 1 aromatic rings. The number of hydrogen-bond acceptors (Lipinski definition) is 4. The number of hydrogen-bond donors (Lipinski definition) is 2. The first-order valence-electron chi connectivity index (χ1n) is 5.75. The van der Waals surface area contributed by atoms with E-state index in [1.165, 1.54) is 6.07 Å². The van der Waals surface area contributed by atoms with Crippen molar-refractivity contribution in [2.45, 2.75) is 24.8 Å². The van der Waals surface area contributed by atoms with Crippen LogP contribution in [0.3, 0.4) is 0 Å². The van der Waals surface area contributed by atoms with E-state index in [0.717, 1.165) is 5.56 Å². The average molecular weight is 271 g/mol. The quantitative estimate of drug-likeness (QED) is 0.777. The summed E-state index contributed by atoms with van der Waals surface area (Å²) >= 11 is 0. The first-order valence-corrected chi connectivity index (χ1v) is 7.24. The van der Waals surface area contributed by atoms with Crippen molar-refractivity contribution in [1.29, 1.82) is 0 Å². The fourth-order valence-corrected chi connectivity index (χ4v) is 3.05. The summed E-state index contributed by atoms with van der Waals surface area (Å²) in [7, 11) is 0.325. The van der Waals surface area contributed by atoms with Crippen LogP contribution in [0.2, 0.25) is 0 Å². The van der Waals surface area contributed by atoms with Gasteiger partial charge >= 0.3 is 0 Å². The van der Waals surface area contributed by atoms with E-state index in [0.29, 0.717) is 12.2 Å². The van der Waals surface area contributed by atoms with Gasteiger partial charge in [0.05, 0.1) is 4.90 Å². The summed E-state index contributed by atoms with van der Waals surface area (Å²) in [6.07, 6.45) is 0. The van der Waals surface area contributed by atoms with Crippen molar-refractivity contribution in [3.63, 3.8) is 0 Å². The highest BCUT2D eigenvalue weighted by Gasteiger charge is 2.18. The maximum absolute atomic E-state index is 12.1. The summed E-state index contributed by atoms with van der Waals surface area (Å²) in [5.41, 5.74) is 7.03. The molecule has 0 fully saturated rings. The normalized spacial score (nSPS) is 13.8. The molecule has 1 atom stereocenters. The summed E-state index contributed by atoms with van der Waals surface area (Å²) in [5.74, 6) is 0. The minimum atomic E-state index is -3.48. The maximum atomic E-state index is 12.1. The molecule has 0 bridgehead atoms. The Labute approximate surface area is 109 Å². The maximum Gasteiger partial charge on any atom is 0.240 e. The lowest BCUT2D eigenvalue weighted by Crippen LogP contribution is -2.39. The Bertz CT molecular complexity index is 512. The lowest BCUT2D eigenvalue weighted by Gasteiger charge is -2.18. The van der Waals surface area contributed by atoms with Crippen LogP contribution in [0, 0.1) is 6.92 Å². The van der Waals surface area contributed by atoms with E-state index in [2.05, 4.69) is 4.72 Å². The number of nitrogens with zero attached hydrogens (tertiary/aromatic N) is 1. The molecule has 0 saturated carbocycles. The highest BCUT2D eigenvalue weighted by atomic mass is 32.2. The van der Waals surface area contributed by atoms with Crippen molar-refractivity contribution in [2.75, 3.05) is 26.4 Å². The third kappa shape index (κ3) is 3.97. The molecule has 0 aliphatic heterocycles. The zero-order valence-corrected chi connectivity index (χ0v) is 12.1. The second-order valence-electron chi connectivity index (χ2n) is 4.80. The Hall–Kier alpha value is -1.11. The van der Waals surface area contributed by atoms with Gasteiger partial charge in [0.2, 0.25) is 10.0 Å². The van der Waals surface area contributed by atoms with Crippen molar-refractivity contribution in [3.05, 3.63) is 23.8 Å². The second kappa shape index (κ2) is 5.69. The monoisotopic (exact) mass is 271 g/mol. The predicted octanol–water partition coefficient (Wildman–Crippen LogP) is 0.806. The number of nitrogens with one attached hydrogen (secondary N) is 1. The molecule has 0 spiro atoms. The van der Waals surface area contributed by atoms with Gasteiger partial charge in [0.1, 0.15) is 0 Å². The Morgan fingerprint density at radius 2 is 2.00 bits per heavy atom. The van der Waals surface area contributed by atoms with Crippen molar-refractivity contribution in [2.24, 2.45) is 0 Å². The summed E-state index contributed by atoms with van der Waals surface area (Å²) in [4.78, 5) is 2.18. The molecule has 0 heterocycles.